The summed E-state index contributed by atoms with van der Waals surface area (Å²) in [6, 6.07) is 17.8. The lowest BCUT2D eigenvalue weighted by Gasteiger charge is -2.32. The molecule has 4 heteroatoms. The highest BCUT2D eigenvalue weighted by Gasteiger charge is 2.30. The lowest BCUT2D eigenvalue weighted by atomic mass is 9.93. The zero-order valence-electron chi connectivity index (χ0n) is 19.0. The standard InChI is InChI=1S/C28H31FN2O/c1-28(2)16-24-14-22(9-11-27(24)32-28)18-31-12-4-6-23(19-31)26-10-8-21(17-30-26)13-20-5-3-7-25(29)15-20/h3,5,7-11,14-15,17,23H,4,6,12-13,16,18-19H2,1-2H3/t23-/m1/s1. The summed E-state index contributed by atoms with van der Waals surface area (Å²) in [5, 5.41) is 0. The van der Waals surface area contributed by atoms with Gasteiger partial charge in [-0.25, -0.2) is 4.39 Å². The number of nitrogens with zero attached hydrogens (tertiary/aromatic N) is 2. The van der Waals surface area contributed by atoms with Crippen LogP contribution in [-0.4, -0.2) is 28.6 Å². The number of fused-ring (bicyclic) bond motifs is 1. The van der Waals surface area contributed by atoms with E-state index in [1.54, 1.807) is 12.1 Å². The molecule has 0 aliphatic carbocycles. The third-order valence-electron chi connectivity index (χ3n) is 6.60. The monoisotopic (exact) mass is 430 g/mol. The van der Waals surface area contributed by atoms with E-state index in [9.17, 15) is 4.39 Å². The molecule has 2 aliphatic rings. The fourth-order valence-corrected chi connectivity index (χ4v) is 5.12. The van der Waals surface area contributed by atoms with Crippen molar-refractivity contribution < 1.29 is 9.13 Å². The van der Waals surface area contributed by atoms with Gasteiger partial charge in [-0.1, -0.05) is 30.3 Å². The molecule has 0 N–H and O–H groups in total. The van der Waals surface area contributed by atoms with E-state index in [1.807, 2.05) is 12.3 Å². The van der Waals surface area contributed by atoms with Crippen LogP contribution < -0.4 is 4.74 Å². The summed E-state index contributed by atoms with van der Waals surface area (Å²) in [5.41, 5.74) is 5.87. The number of rotatable bonds is 5. The first-order valence-electron chi connectivity index (χ1n) is 11.7. The molecule has 2 aliphatic heterocycles. The predicted octanol–water partition coefficient (Wildman–Crippen LogP) is 5.90. The van der Waals surface area contributed by atoms with Crippen molar-refractivity contribution in [2.75, 3.05) is 13.1 Å². The minimum Gasteiger partial charge on any atom is -0.487 e. The first-order valence-corrected chi connectivity index (χ1v) is 11.7. The summed E-state index contributed by atoms with van der Waals surface area (Å²) in [6.45, 7) is 7.45. The number of likely N-dealkylation sites (tertiary alicyclic amines) is 1. The molecule has 0 spiro atoms. The van der Waals surface area contributed by atoms with Crippen LogP contribution in [0.25, 0.3) is 0 Å². The van der Waals surface area contributed by atoms with Crippen LogP contribution in [0.3, 0.4) is 0 Å². The Morgan fingerprint density at radius 3 is 2.75 bits per heavy atom. The van der Waals surface area contributed by atoms with Crippen molar-refractivity contribution in [1.29, 1.82) is 0 Å². The Morgan fingerprint density at radius 2 is 1.94 bits per heavy atom. The van der Waals surface area contributed by atoms with Crippen LogP contribution >= 0.6 is 0 Å². The number of pyridine rings is 1. The number of aromatic nitrogens is 1. The van der Waals surface area contributed by atoms with Crippen molar-refractivity contribution >= 4 is 0 Å². The highest BCUT2D eigenvalue weighted by atomic mass is 19.1. The highest BCUT2D eigenvalue weighted by Crippen LogP contribution is 2.36. The van der Waals surface area contributed by atoms with Crippen molar-refractivity contribution in [3.63, 3.8) is 0 Å². The molecule has 32 heavy (non-hydrogen) atoms. The van der Waals surface area contributed by atoms with E-state index >= 15 is 0 Å². The number of piperidine rings is 1. The van der Waals surface area contributed by atoms with Crippen molar-refractivity contribution in [3.8, 4) is 5.75 Å². The van der Waals surface area contributed by atoms with Crippen LogP contribution in [0.15, 0.2) is 60.8 Å². The van der Waals surface area contributed by atoms with Gasteiger partial charge in [-0.05, 0) is 86.2 Å². The molecule has 3 nitrogen and oxygen atoms in total. The Labute approximate surface area is 190 Å². The van der Waals surface area contributed by atoms with Crippen LogP contribution in [0, 0.1) is 5.82 Å². The van der Waals surface area contributed by atoms with Gasteiger partial charge in [0.25, 0.3) is 0 Å². The maximum atomic E-state index is 13.4. The van der Waals surface area contributed by atoms with E-state index in [-0.39, 0.29) is 11.4 Å². The first-order chi connectivity index (χ1) is 15.4. The Morgan fingerprint density at radius 1 is 1.06 bits per heavy atom. The van der Waals surface area contributed by atoms with Gasteiger partial charge in [-0.3, -0.25) is 9.88 Å². The van der Waals surface area contributed by atoms with Crippen LogP contribution in [-0.2, 0) is 19.4 Å². The molecule has 2 aromatic carbocycles. The summed E-state index contributed by atoms with van der Waals surface area (Å²) in [6.07, 6.45) is 6.02. The van der Waals surface area contributed by atoms with Crippen LogP contribution in [0.4, 0.5) is 4.39 Å². The van der Waals surface area contributed by atoms with Gasteiger partial charge < -0.3 is 4.74 Å². The quantitative estimate of drug-likeness (QED) is 0.504. The molecule has 1 atom stereocenters. The Kier molecular flexibility index (Phi) is 5.73. The van der Waals surface area contributed by atoms with Crippen molar-refractivity contribution in [2.45, 2.75) is 57.6 Å². The summed E-state index contributed by atoms with van der Waals surface area (Å²) in [7, 11) is 0. The number of ether oxygens (including phenoxy) is 1. The fraction of sp³-hybridized carbons (Fsp3) is 0.393. The van der Waals surface area contributed by atoms with Gasteiger partial charge >= 0.3 is 0 Å². The van der Waals surface area contributed by atoms with E-state index in [0.717, 1.165) is 42.9 Å². The van der Waals surface area contributed by atoms with Crippen LogP contribution in [0.2, 0.25) is 0 Å². The Bertz CT molecular complexity index is 1090. The topological polar surface area (TPSA) is 25.4 Å². The first kappa shape index (κ1) is 21.1. The molecule has 3 heterocycles. The van der Waals surface area contributed by atoms with Gasteiger partial charge in [-0.15, -0.1) is 0 Å². The van der Waals surface area contributed by atoms with Gasteiger partial charge in [0.15, 0.2) is 0 Å². The Balaban J connectivity index is 1.22. The smallest absolute Gasteiger partial charge is 0.123 e. The second-order valence-corrected chi connectivity index (χ2v) is 9.95. The van der Waals surface area contributed by atoms with Crippen molar-refractivity contribution in [3.05, 3.63) is 94.6 Å². The molecular weight excluding hydrogens is 399 g/mol. The van der Waals surface area contributed by atoms with Crippen LogP contribution in [0.1, 0.15) is 60.6 Å². The van der Waals surface area contributed by atoms with E-state index in [1.165, 1.54) is 35.7 Å². The molecule has 166 valence electrons. The van der Waals surface area contributed by atoms with Crippen molar-refractivity contribution in [2.24, 2.45) is 0 Å². The van der Waals surface area contributed by atoms with Gasteiger partial charge in [0.1, 0.15) is 17.2 Å². The van der Waals surface area contributed by atoms with Crippen molar-refractivity contribution in [1.82, 2.24) is 9.88 Å². The second-order valence-electron chi connectivity index (χ2n) is 9.95. The molecule has 0 saturated carbocycles. The largest absolute Gasteiger partial charge is 0.487 e. The fourth-order valence-electron chi connectivity index (χ4n) is 5.12. The molecule has 0 unspecified atom stereocenters. The summed E-state index contributed by atoms with van der Waals surface area (Å²) in [5.74, 6) is 1.32. The number of halogens is 1. The average Bonchev–Trinajstić information content (AvgIpc) is 3.08. The lowest BCUT2D eigenvalue weighted by molar-refractivity contribution is 0.138. The molecule has 0 radical (unpaired) electrons. The maximum absolute atomic E-state index is 13.4. The summed E-state index contributed by atoms with van der Waals surface area (Å²) < 4.78 is 19.5. The predicted molar refractivity (Wildman–Crippen MR) is 126 cm³/mol. The molecule has 1 aromatic heterocycles. The van der Waals surface area contributed by atoms with Gasteiger partial charge in [-0.2, -0.15) is 0 Å². The molecule has 0 bridgehead atoms. The van der Waals surface area contributed by atoms with Crippen LogP contribution in [0.5, 0.6) is 5.75 Å². The highest BCUT2D eigenvalue weighted by molar-refractivity contribution is 5.41. The summed E-state index contributed by atoms with van der Waals surface area (Å²) in [4.78, 5) is 7.34. The third-order valence-corrected chi connectivity index (χ3v) is 6.60. The number of hydrogen-bond acceptors (Lipinski definition) is 3. The molecule has 0 amide bonds. The van der Waals surface area contributed by atoms with Gasteiger partial charge in [0.05, 0.1) is 0 Å². The average molecular weight is 431 g/mol. The maximum Gasteiger partial charge on any atom is 0.123 e. The Hall–Kier alpha value is -2.72. The zero-order valence-corrected chi connectivity index (χ0v) is 19.0. The minimum atomic E-state index is -0.186. The third kappa shape index (κ3) is 4.86. The molecule has 1 fully saturated rings. The summed E-state index contributed by atoms with van der Waals surface area (Å²) >= 11 is 0. The molecule has 5 rings (SSSR count). The SMILES string of the molecule is CC1(C)Cc2cc(CN3CCC[C@@H](c4ccc(Cc5cccc(F)c5)cn4)C3)ccc2O1. The zero-order chi connectivity index (χ0) is 22.1. The minimum absolute atomic E-state index is 0.0936. The number of hydrogen-bond donors (Lipinski definition) is 0. The van der Waals surface area contributed by atoms with Gasteiger partial charge in [0, 0.05) is 37.3 Å². The van der Waals surface area contributed by atoms with E-state index in [4.69, 9.17) is 9.72 Å². The van der Waals surface area contributed by atoms with Gasteiger partial charge in [0.2, 0.25) is 0 Å². The second kappa shape index (κ2) is 8.67. The van der Waals surface area contributed by atoms with E-state index in [0.29, 0.717) is 12.3 Å². The molecule has 1 saturated heterocycles. The molecular formula is C28H31FN2O. The van der Waals surface area contributed by atoms with E-state index in [2.05, 4.69) is 49.1 Å². The number of benzene rings is 2. The lowest BCUT2D eigenvalue weighted by Crippen LogP contribution is -2.34. The van der Waals surface area contributed by atoms with E-state index < -0.39 is 0 Å². The molecule has 3 aromatic rings. The normalized spacial score (nSPS) is 20.0.